The Morgan fingerprint density at radius 1 is 1.09 bits per heavy atom. The minimum absolute atomic E-state index is 0.00678. The second-order valence-electron chi connectivity index (χ2n) is 8.20. The number of benzene rings is 1. The molecule has 2 aliphatic rings. The highest BCUT2D eigenvalue weighted by atomic mass is 19.4. The number of anilines is 2. The van der Waals surface area contributed by atoms with E-state index in [1.54, 1.807) is 17.0 Å². The molecule has 2 saturated heterocycles. The van der Waals surface area contributed by atoms with Crippen molar-refractivity contribution in [1.29, 1.82) is 0 Å². The normalized spacial score (nSPS) is 17.6. The van der Waals surface area contributed by atoms with Gasteiger partial charge in [-0.05, 0) is 6.42 Å². The van der Waals surface area contributed by atoms with Gasteiger partial charge in [0.1, 0.15) is 17.3 Å². The van der Waals surface area contributed by atoms with Crippen molar-refractivity contribution in [2.75, 3.05) is 76.8 Å². The number of ether oxygens (including phenoxy) is 3. The fourth-order valence-corrected chi connectivity index (χ4v) is 4.17. The predicted molar refractivity (Wildman–Crippen MR) is 120 cm³/mol. The lowest BCUT2D eigenvalue weighted by Crippen LogP contribution is -2.49. The van der Waals surface area contributed by atoms with Crippen LogP contribution >= 0.6 is 0 Å². The first kappa shape index (κ1) is 24.0. The van der Waals surface area contributed by atoms with Gasteiger partial charge in [0.15, 0.2) is 6.61 Å². The molecule has 4 rings (SSSR count). The molecule has 0 unspecified atom stereocenters. The smallest absolute Gasteiger partial charge is 0.422 e. The first-order valence-electron chi connectivity index (χ1n) is 11.1. The number of rotatable bonds is 4. The average Bonchev–Trinajstić information content (AvgIpc) is 3.08. The summed E-state index contributed by atoms with van der Waals surface area (Å²) in [6, 6.07) is 4.62. The van der Waals surface area contributed by atoms with Gasteiger partial charge in [-0.15, -0.1) is 0 Å². The number of hydrogen-bond acceptors (Lipinski definition) is 7. The molecule has 34 heavy (non-hydrogen) atoms. The zero-order chi connectivity index (χ0) is 24.3. The molecule has 2 aromatic rings. The molecule has 0 bridgehead atoms. The van der Waals surface area contributed by atoms with Crippen molar-refractivity contribution >= 4 is 28.4 Å². The first-order chi connectivity index (χ1) is 16.2. The second-order valence-corrected chi connectivity index (χ2v) is 8.20. The van der Waals surface area contributed by atoms with Crippen LogP contribution in [0.3, 0.4) is 0 Å². The maximum atomic E-state index is 12.9. The third-order valence-electron chi connectivity index (χ3n) is 5.86. The van der Waals surface area contributed by atoms with Gasteiger partial charge in [-0.2, -0.15) is 13.2 Å². The van der Waals surface area contributed by atoms with E-state index in [4.69, 9.17) is 19.9 Å². The molecule has 0 spiro atoms. The van der Waals surface area contributed by atoms with Gasteiger partial charge in [0.2, 0.25) is 0 Å². The van der Waals surface area contributed by atoms with Gasteiger partial charge in [0.25, 0.3) is 0 Å². The summed E-state index contributed by atoms with van der Waals surface area (Å²) >= 11 is 0. The summed E-state index contributed by atoms with van der Waals surface area (Å²) in [4.78, 5) is 23.2. The number of hydrogen-bond donors (Lipinski definition) is 1. The Bertz CT molecular complexity index is 1030. The number of nitrogen functional groups attached to an aromatic ring is 1. The summed E-state index contributed by atoms with van der Waals surface area (Å²) in [5, 5.41) is 0.299. The molecule has 1 aromatic heterocycles. The van der Waals surface area contributed by atoms with Crippen LogP contribution < -0.4 is 20.1 Å². The molecule has 2 fully saturated rings. The fourth-order valence-electron chi connectivity index (χ4n) is 4.17. The number of fused-ring (bicyclic) bond motifs is 1. The van der Waals surface area contributed by atoms with Gasteiger partial charge in [-0.25, -0.2) is 9.78 Å². The van der Waals surface area contributed by atoms with Crippen LogP contribution in [0.1, 0.15) is 6.42 Å². The number of halogens is 3. The summed E-state index contributed by atoms with van der Waals surface area (Å²) in [6.45, 7) is 3.17. The Kier molecular flexibility index (Phi) is 7.05. The second kappa shape index (κ2) is 10.00. The standard InChI is InChI=1S/C22H28F3N5O4/c1-32-15-11-17-20(18(12-15)34-14-22(23,24)25)16(26)13-19(27-17)28-3-2-4-29(6-5-28)21(31)30-7-9-33-10-8-30/h11-13H,2-10,14H2,1H3,(H2,26,27). The van der Waals surface area contributed by atoms with E-state index in [-0.39, 0.29) is 17.5 Å². The first-order valence-corrected chi connectivity index (χ1v) is 11.1. The van der Waals surface area contributed by atoms with E-state index in [1.165, 1.54) is 13.2 Å². The number of nitrogens with two attached hydrogens (primary N) is 1. The molecule has 12 heteroatoms. The quantitative estimate of drug-likeness (QED) is 0.715. The van der Waals surface area contributed by atoms with Crippen LogP contribution in [-0.4, -0.2) is 93.2 Å². The number of morpholine rings is 1. The topological polar surface area (TPSA) is 93.4 Å². The number of urea groups is 1. The maximum Gasteiger partial charge on any atom is 0.422 e. The molecule has 2 aliphatic heterocycles. The lowest BCUT2D eigenvalue weighted by atomic mass is 10.1. The average molecular weight is 483 g/mol. The Hall–Kier alpha value is -3.15. The molecule has 2 N–H and O–H groups in total. The van der Waals surface area contributed by atoms with Gasteiger partial charge in [0, 0.05) is 63.2 Å². The van der Waals surface area contributed by atoms with Gasteiger partial charge in [-0.3, -0.25) is 0 Å². The number of methoxy groups -OCH3 is 1. The molecule has 2 amide bonds. The fraction of sp³-hybridized carbons (Fsp3) is 0.545. The monoisotopic (exact) mass is 483 g/mol. The van der Waals surface area contributed by atoms with E-state index in [9.17, 15) is 18.0 Å². The van der Waals surface area contributed by atoms with Gasteiger partial charge < -0.3 is 34.6 Å². The van der Waals surface area contributed by atoms with Crippen molar-refractivity contribution in [1.82, 2.24) is 14.8 Å². The number of pyridine rings is 1. The Balaban J connectivity index is 1.55. The van der Waals surface area contributed by atoms with Gasteiger partial charge >= 0.3 is 12.2 Å². The molecule has 0 saturated carbocycles. The van der Waals surface area contributed by atoms with Crippen LogP contribution in [0.5, 0.6) is 11.5 Å². The zero-order valence-electron chi connectivity index (χ0n) is 18.9. The molecule has 0 atom stereocenters. The Morgan fingerprint density at radius 2 is 1.82 bits per heavy atom. The number of amides is 2. The highest BCUT2D eigenvalue weighted by Crippen LogP contribution is 2.37. The highest BCUT2D eigenvalue weighted by Gasteiger charge is 2.30. The van der Waals surface area contributed by atoms with E-state index in [0.717, 1.165) is 6.42 Å². The van der Waals surface area contributed by atoms with Crippen LogP contribution in [0, 0.1) is 0 Å². The minimum atomic E-state index is -4.49. The number of carbonyl (C=O) groups is 1. The molecular formula is C22H28F3N5O4. The summed E-state index contributed by atoms with van der Waals surface area (Å²) in [5.74, 6) is 0.856. The summed E-state index contributed by atoms with van der Waals surface area (Å²) in [5.41, 5.74) is 6.88. The van der Waals surface area contributed by atoms with Crippen LogP contribution in [0.25, 0.3) is 10.9 Å². The number of nitrogens with zero attached hydrogens (tertiary/aromatic N) is 4. The molecular weight excluding hydrogens is 455 g/mol. The van der Waals surface area contributed by atoms with E-state index in [2.05, 4.69) is 4.98 Å². The van der Waals surface area contributed by atoms with Crippen molar-refractivity contribution in [2.24, 2.45) is 0 Å². The van der Waals surface area contributed by atoms with E-state index < -0.39 is 12.8 Å². The molecule has 9 nitrogen and oxygen atoms in total. The Labute approximate surface area is 195 Å². The van der Waals surface area contributed by atoms with E-state index >= 15 is 0 Å². The number of alkyl halides is 3. The van der Waals surface area contributed by atoms with Crippen LogP contribution in [-0.2, 0) is 4.74 Å². The van der Waals surface area contributed by atoms with Crippen molar-refractivity contribution in [3.63, 3.8) is 0 Å². The lowest BCUT2D eigenvalue weighted by Gasteiger charge is -2.32. The maximum absolute atomic E-state index is 12.9. The number of aromatic nitrogens is 1. The van der Waals surface area contributed by atoms with Crippen LogP contribution in [0.4, 0.5) is 29.5 Å². The van der Waals surface area contributed by atoms with Gasteiger partial charge in [0.05, 0.1) is 31.2 Å². The largest absolute Gasteiger partial charge is 0.497 e. The van der Waals surface area contributed by atoms with Crippen molar-refractivity contribution < 1.29 is 32.2 Å². The van der Waals surface area contributed by atoms with Crippen molar-refractivity contribution in [3.8, 4) is 11.5 Å². The lowest BCUT2D eigenvalue weighted by molar-refractivity contribution is -0.153. The summed E-state index contributed by atoms with van der Waals surface area (Å²) in [7, 11) is 1.41. The third-order valence-corrected chi connectivity index (χ3v) is 5.86. The molecule has 1 aromatic carbocycles. The minimum Gasteiger partial charge on any atom is -0.497 e. The van der Waals surface area contributed by atoms with Gasteiger partial charge in [-0.1, -0.05) is 0 Å². The molecule has 3 heterocycles. The SMILES string of the molecule is COc1cc(OCC(F)(F)F)c2c(N)cc(N3CCCN(C(=O)N4CCOCC4)CC3)nc2c1. The van der Waals surface area contributed by atoms with Crippen molar-refractivity contribution in [2.45, 2.75) is 12.6 Å². The third kappa shape index (κ3) is 5.49. The molecule has 0 aliphatic carbocycles. The van der Waals surface area contributed by atoms with Crippen LogP contribution in [0.2, 0.25) is 0 Å². The molecule has 0 radical (unpaired) electrons. The van der Waals surface area contributed by atoms with Crippen molar-refractivity contribution in [3.05, 3.63) is 18.2 Å². The summed E-state index contributed by atoms with van der Waals surface area (Å²) in [6.07, 6.45) is -3.75. The molecule has 186 valence electrons. The Morgan fingerprint density at radius 3 is 2.53 bits per heavy atom. The zero-order valence-corrected chi connectivity index (χ0v) is 18.9. The van der Waals surface area contributed by atoms with Crippen LogP contribution in [0.15, 0.2) is 18.2 Å². The van der Waals surface area contributed by atoms with E-state index in [0.29, 0.717) is 75.0 Å². The summed E-state index contributed by atoms with van der Waals surface area (Å²) < 4.78 is 53.8. The highest BCUT2D eigenvalue weighted by molar-refractivity contribution is 5.98. The number of carbonyl (C=O) groups excluding carboxylic acids is 1. The van der Waals surface area contributed by atoms with E-state index in [1.807, 2.05) is 9.80 Å². The predicted octanol–water partition coefficient (Wildman–Crippen LogP) is 2.73.